The van der Waals surface area contributed by atoms with Crippen molar-refractivity contribution in [2.75, 3.05) is 5.73 Å². The first-order valence-electron chi connectivity index (χ1n) is 5.56. The zero-order chi connectivity index (χ0) is 13.0. The highest BCUT2D eigenvalue weighted by molar-refractivity contribution is 5.96. The molecule has 3 N–H and O–H groups in total. The van der Waals surface area contributed by atoms with Crippen molar-refractivity contribution >= 4 is 11.6 Å². The third-order valence-electron chi connectivity index (χ3n) is 2.63. The van der Waals surface area contributed by atoms with E-state index < -0.39 is 0 Å². The highest BCUT2D eigenvalue weighted by atomic mass is 16.1. The Hall–Kier alpha value is -2.43. The van der Waals surface area contributed by atoms with E-state index in [-0.39, 0.29) is 11.6 Å². The Bertz CT molecular complexity index is 568. The van der Waals surface area contributed by atoms with Gasteiger partial charge in [0.1, 0.15) is 0 Å². The summed E-state index contributed by atoms with van der Waals surface area (Å²) in [5.41, 5.74) is 8.37. The van der Waals surface area contributed by atoms with Crippen LogP contribution in [0.3, 0.4) is 0 Å². The highest BCUT2D eigenvalue weighted by Crippen LogP contribution is 2.08. The second-order valence-electron chi connectivity index (χ2n) is 3.93. The molecule has 2 aromatic heterocycles. The normalized spacial score (nSPS) is 10.1. The minimum absolute atomic E-state index is 0.254. The largest absolute Gasteiger partial charge is 0.397 e. The van der Waals surface area contributed by atoms with Gasteiger partial charge in [0.15, 0.2) is 5.69 Å². The van der Waals surface area contributed by atoms with Crippen LogP contribution in [0.15, 0.2) is 36.8 Å². The monoisotopic (exact) mass is 242 g/mol. The first kappa shape index (κ1) is 12.0. The lowest BCUT2D eigenvalue weighted by Crippen LogP contribution is -2.25. The van der Waals surface area contributed by atoms with Crippen molar-refractivity contribution in [1.82, 2.24) is 15.3 Å². The number of nitrogen functional groups attached to an aromatic ring is 1. The molecule has 1 amide bonds. The van der Waals surface area contributed by atoms with Gasteiger partial charge in [-0.25, -0.2) is 4.98 Å². The number of nitrogens with two attached hydrogens (primary N) is 1. The van der Waals surface area contributed by atoms with Gasteiger partial charge in [-0.1, -0.05) is 0 Å². The van der Waals surface area contributed by atoms with E-state index in [1.807, 2.05) is 13.0 Å². The fourth-order valence-corrected chi connectivity index (χ4v) is 1.57. The van der Waals surface area contributed by atoms with Crippen LogP contribution in [0.4, 0.5) is 5.69 Å². The van der Waals surface area contributed by atoms with Gasteiger partial charge in [0.05, 0.1) is 5.69 Å². The van der Waals surface area contributed by atoms with Crippen LogP contribution in [0.1, 0.15) is 21.6 Å². The molecular weight excluding hydrogens is 228 g/mol. The number of amides is 1. The first-order chi connectivity index (χ1) is 8.68. The van der Waals surface area contributed by atoms with Crippen LogP contribution in [-0.2, 0) is 6.54 Å². The molecule has 0 saturated heterocycles. The van der Waals surface area contributed by atoms with Gasteiger partial charge in [0.2, 0.25) is 0 Å². The number of pyridine rings is 2. The molecule has 5 heteroatoms. The number of hydrogen-bond donors (Lipinski definition) is 2. The predicted molar refractivity (Wildman–Crippen MR) is 68.8 cm³/mol. The third-order valence-corrected chi connectivity index (χ3v) is 2.63. The van der Waals surface area contributed by atoms with E-state index in [4.69, 9.17) is 5.73 Å². The second kappa shape index (κ2) is 5.27. The number of anilines is 1. The number of carbonyl (C=O) groups excluding carboxylic acids is 1. The highest BCUT2D eigenvalue weighted by Gasteiger charge is 2.10. The lowest BCUT2D eigenvalue weighted by molar-refractivity contribution is 0.0947. The SMILES string of the molecule is Cc1cnccc1CNC(=O)c1ncccc1N. The molecule has 2 rings (SSSR count). The van der Waals surface area contributed by atoms with E-state index in [1.54, 1.807) is 30.7 Å². The summed E-state index contributed by atoms with van der Waals surface area (Å²) in [6.07, 6.45) is 5.00. The molecule has 0 saturated carbocycles. The van der Waals surface area contributed by atoms with E-state index in [9.17, 15) is 4.79 Å². The Morgan fingerprint density at radius 3 is 2.94 bits per heavy atom. The quantitative estimate of drug-likeness (QED) is 0.850. The number of hydrogen-bond acceptors (Lipinski definition) is 4. The number of nitrogens with zero attached hydrogens (tertiary/aromatic N) is 2. The zero-order valence-corrected chi connectivity index (χ0v) is 10.1. The molecule has 2 heterocycles. The lowest BCUT2D eigenvalue weighted by atomic mass is 10.1. The van der Waals surface area contributed by atoms with Gasteiger partial charge < -0.3 is 11.1 Å². The standard InChI is InChI=1S/C13H14N4O/c1-9-7-15-6-4-10(9)8-17-13(18)12-11(14)3-2-5-16-12/h2-7H,8,14H2,1H3,(H,17,18). The van der Waals surface area contributed by atoms with Crippen LogP contribution in [0.25, 0.3) is 0 Å². The summed E-state index contributed by atoms with van der Waals surface area (Å²) in [6, 6.07) is 5.22. The van der Waals surface area contributed by atoms with Crippen LogP contribution >= 0.6 is 0 Å². The molecule has 0 fully saturated rings. The van der Waals surface area contributed by atoms with Crippen molar-refractivity contribution in [3.63, 3.8) is 0 Å². The molecule has 0 unspecified atom stereocenters. The number of nitrogens with one attached hydrogen (secondary N) is 1. The molecule has 0 radical (unpaired) electrons. The second-order valence-corrected chi connectivity index (χ2v) is 3.93. The molecule has 0 bridgehead atoms. The Labute approximate surface area is 105 Å². The van der Waals surface area contributed by atoms with Crippen molar-refractivity contribution in [3.8, 4) is 0 Å². The molecule has 0 atom stereocenters. The Morgan fingerprint density at radius 1 is 1.39 bits per heavy atom. The predicted octanol–water partition coefficient (Wildman–Crippen LogP) is 1.30. The van der Waals surface area contributed by atoms with E-state index >= 15 is 0 Å². The topological polar surface area (TPSA) is 80.9 Å². The summed E-state index contributed by atoms with van der Waals surface area (Å²) < 4.78 is 0. The summed E-state index contributed by atoms with van der Waals surface area (Å²) in [5.74, 6) is -0.274. The van der Waals surface area contributed by atoms with Crippen molar-refractivity contribution in [1.29, 1.82) is 0 Å². The van der Waals surface area contributed by atoms with Gasteiger partial charge in [0, 0.05) is 25.1 Å². The van der Waals surface area contributed by atoms with Gasteiger partial charge >= 0.3 is 0 Å². The van der Waals surface area contributed by atoms with Crippen LogP contribution in [0.2, 0.25) is 0 Å². The van der Waals surface area contributed by atoms with Crippen LogP contribution < -0.4 is 11.1 Å². The third kappa shape index (κ3) is 2.63. The van der Waals surface area contributed by atoms with Crippen LogP contribution in [0.5, 0.6) is 0 Å². The van der Waals surface area contributed by atoms with Crippen LogP contribution in [-0.4, -0.2) is 15.9 Å². The van der Waals surface area contributed by atoms with Gasteiger partial charge in [0.25, 0.3) is 5.91 Å². The molecule has 18 heavy (non-hydrogen) atoms. The maximum atomic E-state index is 11.9. The van der Waals surface area contributed by atoms with Crippen molar-refractivity contribution < 1.29 is 4.79 Å². The minimum Gasteiger partial charge on any atom is -0.397 e. The van der Waals surface area contributed by atoms with E-state index in [2.05, 4.69) is 15.3 Å². The average Bonchev–Trinajstić information content (AvgIpc) is 2.38. The Balaban J connectivity index is 2.06. The average molecular weight is 242 g/mol. The van der Waals surface area contributed by atoms with Gasteiger partial charge in [-0.05, 0) is 36.2 Å². The molecule has 92 valence electrons. The summed E-state index contributed by atoms with van der Waals surface area (Å²) in [7, 11) is 0. The fourth-order valence-electron chi connectivity index (χ4n) is 1.57. The smallest absolute Gasteiger partial charge is 0.272 e. The first-order valence-corrected chi connectivity index (χ1v) is 5.56. The van der Waals surface area contributed by atoms with E-state index in [0.717, 1.165) is 11.1 Å². The molecule has 0 aliphatic carbocycles. The Kier molecular flexibility index (Phi) is 3.52. The van der Waals surface area contributed by atoms with Gasteiger partial charge in [-0.2, -0.15) is 0 Å². The summed E-state index contributed by atoms with van der Waals surface area (Å²) >= 11 is 0. The summed E-state index contributed by atoms with van der Waals surface area (Å²) in [5, 5.41) is 2.79. The van der Waals surface area contributed by atoms with Gasteiger partial charge in [-0.3, -0.25) is 9.78 Å². The molecule has 0 aliphatic rings. The van der Waals surface area contributed by atoms with Crippen LogP contribution in [0, 0.1) is 6.92 Å². The van der Waals surface area contributed by atoms with Crippen molar-refractivity contribution in [2.24, 2.45) is 0 Å². The maximum absolute atomic E-state index is 11.9. The van der Waals surface area contributed by atoms with E-state index in [0.29, 0.717) is 12.2 Å². The fraction of sp³-hybridized carbons (Fsp3) is 0.154. The molecule has 2 aromatic rings. The van der Waals surface area contributed by atoms with E-state index in [1.165, 1.54) is 0 Å². The summed E-state index contributed by atoms with van der Waals surface area (Å²) in [4.78, 5) is 19.8. The molecular formula is C13H14N4O. The van der Waals surface area contributed by atoms with Crippen molar-refractivity contribution in [2.45, 2.75) is 13.5 Å². The molecule has 0 aromatic carbocycles. The molecule has 0 aliphatic heterocycles. The lowest BCUT2D eigenvalue weighted by Gasteiger charge is -2.08. The maximum Gasteiger partial charge on any atom is 0.272 e. The minimum atomic E-state index is -0.274. The molecule has 0 spiro atoms. The number of aryl methyl sites for hydroxylation is 1. The summed E-state index contributed by atoms with van der Waals surface area (Å²) in [6.45, 7) is 2.38. The number of aromatic nitrogens is 2. The van der Waals surface area contributed by atoms with Crippen molar-refractivity contribution in [3.05, 3.63) is 53.6 Å². The zero-order valence-electron chi connectivity index (χ0n) is 10.1. The number of rotatable bonds is 3. The van der Waals surface area contributed by atoms with Gasteiger partial charge in [-0.15, -0.1) is 0 Å². The Morgan fingerprint density at radius 2 is 2.22 bits per heavy atom. The number of carbonyl (C=O) groups is 1. The molecule has 5 nitrogen and oxygen atoms in total.